The Kier molecular flexibility index (Phi) is 6.25. The summed E-state index contributed by atoms with van der Waals surface area (Å²) in [5.74, 6) is -0.145. The lowest BCUT2D eigenvalue weighted by molar-refractivity contribution is 0.591. The number of hydrogen-bond donors (Lipinski definition) is 1. The highest BCUT2D eigenvalue weighted by molar-refractivity contribution is 6.37. The van der Waals surface area contributed by atoms with Gasteiger partial charge in [-0.05, 0) is 37.1 Å². The molecule has 1 aliphatic heterocycles. The monoisotopic (exact) mass is 472 g/mol. The van der Waals surface area contributed by atoms with Crippen molar-refractivity contribution < 1.29 is 4.39 Å². The fourth-order valence-corrected chi connectivity index (χ4v) is 4.05. The molecule has 7 nitrogen and oxygen atoms in total. The topological polar surface area (TPSA) is 77.1 Å². The molecule has 10 heteroatoms. The minimum absolute atomic E-state index is 0.127. The molecule has 0 saturated heterocycles. The van der Waals surface area contributed by atoms with E-state index in [1.807, 2.05) is 17.7 Å². The summed E-state index contributed by atoms with van der Waals surface area (Å²) >= 11 is 12.2. The summed E-state index contributed by atoms with van der Waals surface area (Å²) in [4.78, 5) is 25.6. The van der Waals surface area contributed by atoms with E-state index in [-0.39, 0.29) is 33.2 Å². The molecule has 32 heavy (non-hydrogen) atoms. The number of nitrogens with zero attached hydrogens (tertiary/aromatic N) is 5. The normalized spacial score (nSPS) is 13.6. The molecule has 0 fully saturated rings. The second kappa shape index (κ2) is 9.10. The predicted octanol–water partition coefficient (Wildman–Crippen LogP) is 4.90. The van der Waals surface area contributed by atoms with Crippen molar-refractivity contribution in [3.63, 3.8) is 0 Å². The Morgan fingerprint density at radius 3 is 2.50 bits per heavy atom. The van der Waals surface area contributed by atoms with Gasteiger partial charge in [0.15, 0.2) is 10.3 Å². The molecule has 1 N–H and O–H groups in total. The van der Waals surface area contributed by atoms with Crippen molar-refractivity contribution in [2.24, 2.45) is 4.99 Å². The van der Waals surface area contributed by atoms with Crippen LogP contribution >= 0.6 is 23.2 Å². The number of halogens is 3. The Labute approximate surface area is 193 Å². The van der Waals surface area contributed by atoms with Crippen molar-refractivity contribution in [1.29, 1.82) is 0 Å². The zero-order valence-corrected chi connectivity index (χ0v) is 18.7. The Morgan fingerprint density at radius 2 is 1.84 bits per heavy atom. The summed E-state index contributed by atoms with van der Waals surface area (Å²) in [6.45, 7) is 7.05. The number of nitrogens with one attached hydrogen (secondary N) is 1. The van der Waals surface area contributed by atoms with E-state index in [1.54, 1.807) is 22.9 Å². The van der Waals surface area contributed by atoms with Gasteiger partial charge in [-0.1, -0.05) is 48.0 Å². The van der Waals surface area contributed by atoms with Crippen molar-refractivity contribution in [1.82, 2.24) is 19.3 Å². The lowest BCUT2D eigenvalue weighted by Gasteiger charge is -2.12. The van der Waals surface area contributed by atoms with Crippen LogP contribution in [0.1, 0.15) is 19.0 Å². The molecule has 0 radical (unpaired) electrons. The van der Waals surface area contributed by atoms with Crippen LogP contribution in [-0.2, 0) is 13.1 Å². The number of aliphatic imine (C=N–C) groups is 1. The summed E-state index contributed by atoms with van der Waals surface area (Å²) in [5.41, 5.74) is 2.32. The lowest BCUT2D eigenvalue weighted by Crippen LogP contribution is -2.17. The average Bonchev–Trinajstić information content (AvgIpc) is 3.33. The van der Waals surface area contributed by atoms with Gasteiger partial charge in [0, 0.05) is 13.1 Å². The molecular formula is C22H19Cl2FN6O. The summed E-state index contributed by atoms with van der Waals surface area (Å²) in [5, 5.41) is 3.18. The highest BCUT2D eigenvalue weighted by Gasteiger charge is 2.26. The molecule has 164 valence electrons. The summed E-state index contributed by atoms with van der Waals surface area (Å²) < 4.78 is 17.1. The van der Waals surface area contributed by atoms with Gasteiger partial charge in [0.05, 0.1) is 17.0 Å². The standard InChI is InChI=1S/C22H19Cl2FN6O/c1-3-5-16(28-13(2)29-18-20(23)26-12-27-21(18)24)19-17(14-6-8-15(25)9-7-14)22(32)31-11-4-10-30(19)31/h3,5-9,12,29H,2,4,10-11H2,1H3/b5-3-,28-16+. The summed E-state index contributed by atoms with van der Waals surface area (Å²) in [6.07, 6.45) is 5.68. The minimum atomic E-state index is -0.374. The Bertz CT molecular complexity index is 1290. The first kappa shape index (κ1) is 22.0. The molecule has 0 unspecified atom stereocenters. The first-order valence-electron chi connectivity index (χ1n) is 9.84. The van der Waals surface area contributed by atoms with Gasteiger partial charge in [-0.2, -0.15) is 0 Å². The number of fused-ring (bicyclic) bond motifs is 1. The molecule has 1 aromatic carbocycles. The third-order valence-corrected chi connectivity index (χ3v) is 5.53. The van der Waals surface area contributed by atoms with Crippen molar-refractivity contribution >= 4 is 34.6 Å². The van der Waals surface area contributed by atoms with Crippen molar-refractivity contribution in [2.75, 3.05) is 5.32 Å². The quantitative estimate of drug-likeness (QED) is 0.408. The van der Waals surface area contributed by atoms with E-state index in [0.717, 1.165) is 6.42 Å². The maximum absolute atomic E-state index is 13.5. The number of rotatable bonds is 6. The molecule has 0 spiro atoms. The van der Waals surface area contributed by atoms with Gasteiger partial charge >= 0.3 is 0 Å². The molecule has 3 aromatic rings. The van der Waals surface area contributed by atoms with Crippen LogP contribution in [0, 0.1) is 5.82 Å². The molecular weight excluding hydrogens is 454 g/mol. The molecule has 3 heterocycles. The lowest BCUT2D eigenvalue weighted by atomic mass is 10.0. The summed E-state index contributed by atoms with van der Waals surface area (Å²) in [7, 11) is 0. The SMILES string of the molecule is C=C(/N=C(\C=C/C)c1c(-c2ccc(F)cc2)c(=O)n2n1CCC2)Nc1c(Cl)ncnc1Cl. The third-order valence-electron chi connectivity index (χ3n) is 4.95. The number of allylic oxidation sites excluding steroid dienone is 2. The van der Waals surface area contributed by atoms with E-state index >= 15 is 0 Å². The second-order valence-corrected chi connectivity index (χ2v) is 7.75. The maximum atomic E-state index is 13.5. The van der Waals surface area contributed by atoms with Crippen LogP contribution < -0.4 is 10.9 Å². The number of hydrogen-bond acceptors (Lipinski definition) is 5. The van der Waals surface area contributed by atoms with Gasteiger partial charge in [0.1, 0.15) is 23.7 Å². The van der Waals surface area contributed by atoms with Gasteiger partial charge in [-0.25, -0.2) is 24.0 Å². The largest absolute Gasteiger partial charge is 0.336 e. The highest BCUT2D eigenvalue weighted by Crippen LogP contribution is 2.28. The molecule has 0 amide bonds. The van der Waals surface area contributed by atoms with Gasteiger partial charge in [-0.3, -0.25) is 9.48 Å². The van der Waals surface area contributed by atoms with Crippen LogP contribution in [-0.4, -0.2) is 25.0 Å². The minimum Gasteiger partial charge on any atom is -0.336 e. The fourth-order valence-electron chi connectivity index (χ4n) is 3.64. The molecule has 0 saturated carbocycles. The average molecular weight is 473 g/mol. The number of benzene rings is 1. The van der Waals surface area contributed by atoms with E-state index in [9.17, 15) is 9.18 Å². The maximum Gasteiger partial charge on any atom is 0.275 e. The van der Waals surface area contributed by atoms with Gasteiger partial charge in [0.25, 0.3) is 5.56 Å². The first-order chi connectivity index (χ1) is 15.4. The van der Waals surface area contributed by atoms with E-state index in [0.29, 0.717) is 35.6 Å². The first-order valence-corrected chi connectivity index (χ1v) is 10.6. The predicted molar refractivity (Wildman–Crippen MR) is 125 cm³/mol. The van der Waals surface area contributed by atoms with Crippen molar-refractivity contribution in [3.8, 4) is 11.1 Å². The molecule has 0 aliphatic carbocycles. The Balaban J connectivity index is 1.84. The van der Waals surface area contributed by atoms with Gasteiger partial charge < -0.3 is 5.32 Å². The van der Waals surface area contributed by atoms with E-state index in [1.165, 1.54) is 18.5 Å². The molecule has 1 aliphatic rings. The third kappa shape index (κ3) is 4.11. The van der Waals surface area contributed by atoms with Crippen LogP contribution in [0.4, 0.5) is 10.1 Å². The zero-order chi connectivity index (χ0) is 22.8. The second-order valence-electron chi connectivity index (χ2n) is 7.03. The molecule has 4 rings (SSSR count). The van der Waals surface area contributed by atoms with Crippen LogP contribution in [0.2, 0.25) is 10.3 Å². The van der Waals surface area contributed by atoms with Gasteiger partial charge in [-0.15, -0.1) is 0 Å². The van der Waals surface area contributed by atoms with E-state index < -0.39 is 0 Å². The molecule has 0 atom stereocenters. The molecule has 2 aromatic heterocycles. The van der Waals surface area contributed by atoms with Crippen LogP contribution in [0.15, 0.2) is 64.9 Å². The Hall–Kier alpha value is -3.23. The zero-order valence-electron chi connectivity index (χ0n) is 17.1. The number of anilines is 1. The van der Waals surface area contributed by atoms with E-state index in [4.69, 9.17) is 23.2 Å². The van der Waals surface area contributed by atoms with Crippen LogP contribution in [0.25, 0.3) is 11.1 Å². The van der Waals surface area contributed by atoms with Crippen LogP contribution in [0.3, 0.4) is 0 Å². The smallest absolute Gasteiger partial charge is 0.275 e. The Morgan fingerprint density at radius 1 is 1.19 bits per heavy atom. The van der Waals surface area contributed by atoms with Gasteiger partial charge in [0.2, 0.25) is 0 Å². The molecule has 0 bridgehead atoms. The fraction of sp³-hybridized carbons (Fsp3) is 0.182. The summed E-state index contributed by atoms with van der Waals surface area (Å²) in [6, 6.07) is 5.84. The van der Waals surface area contributed by atoms with E-state index in [2.05, 4.69) is 26.9 Å². The number of aromatic nitrogens is 4. The highest BCUT2D eigenvalue weighted by atomic mass is 35.5. The van der Waals surface area contributed by atoms with Crippen LogP contribution in [0.5, 0.6) is 0 Å². The van der Waals surface area contributed by atoms with Crippen molar-refractivity contribution in [3.05, 3.63) is 87.3 Å². The van der Waals surface area contributed by atoms with Crippen molar-refractivity contribution in [2.45, 2.75) is 26.4 Å².